The van der Waals surface area contributed by atoms with E-state index in [1.807, 2.05) is 4.90 Å². The van der Waals surface area contributed by atoms with Gasteiger partial charge in [-0.3, -0.25) is 5.10 Å². The van der Waals surface area contributed by atoms with Crippen LogP contribution in [-0.2, 0) is 24.3 Å². The Bertz CT molecular complexity index is 1050. The lowest BCUT2D eigenvalue weighted by molar-refractivity contribution is -0.274. The molecule has 1 aromatic heterocycles. The lowest BCUT2D eigenvalue weighted by atomic mass is 10.0. The SMILES string of the molecule is O=C(OCc1ccc(OC(F)(F)F)cc1)N1C[C@@H]2CN(C(=O)N3CCc4[nH]nnc4C3)C[C@H]2C1. The number of carbonyl (C=O) groups excluding carboxylic acids is 2. The van der Waals surface area contributed by atoms with Crippen LogP contribution in [0.4, 0.5) is 22.8 Å². The Labute approximate surface area is 192 Å². The third-order valence-corrected chi connectivity index (χ3v) is 6.48. The van der Waals surface area contributed by atoms with Gasteiger partial charge in [0.1, 0.15) is 18.1 Å². The van der Waals surface area contributed by atoms with Crippen molar-refractivity contribution in [3.63, 3.8) is 0 Å². The Morgan fingerprint density at radius 3 is 2.38 bits per heavy atom. The summed E-state index contributed by atoms with van der Waals surface area (Å²) in [6.07, 6.45) is -4.53. The van der Waals surface area contributed by atoms with E-state index in [-0.39, 0.29) is 30.2 Å². The summed E-state index contributed by atoms with van der Waals surface area (Å²) in [4.78, 5) is 30.7. The zero-order valence-electron chi connectivity index (χ0n) is 18.1. The van der Waals surface area contributed by atoms with Crippen LogP contribution in [0.25, 0.3) is 0 Å². The lowest BCUT2D eigenvalue weighted by Gasteiger charge is -2.31. The van der Waals surface area contributed by atoms with E-state index >= 15 is 0 Å². The summed E-state index contributed by atoms with van der Waals surface area (Å²) < 4.78 is 45.9. The Morgan fingerprint density at radius 1 is 1.03 bits per heavy atom. The first kappa shape index (κ1) is 22.3. The number of nitrogens with zero attached hydrogens (tertiary/aromatic N) is 5. The van der Waals surface area contributed by atoms with Crippen LogP contribution in [0.3, 0.4) is 0 Å². The number of aromatic nitrogens is 3. The van der Waals surface area contributed by atoms with Gasteiger partial charge in [-0.2, -0.15) is 0 Å². The summed E-state index contributed by atoms with van der Waals surface area (Å²) in [7, 11) is 0. The molecule has 0 bridgehead atoms. The molecule has 3 aliphatic rings. The van der Waals surface area contributed by atoms with Gasteiger partial charge >= 0.3 is 18.5 Å². The van der Waals surface area contributed by atoms with Gasteiger partial charge in [0.2, 0.25) is 0 Å². The largest absolute Gasteiger partial charge is 0.573 e. The molecule has 10 nitrogen and oxygen atoms in total. The van der Waals surface area contributed by atoms with Crippen molar-refractivity contribution in [1.29, 1.82) is 0 Å². The summed E-state index contributed by atoms with van der Waals surface area (Å²) in [5, 5.41) is 10.7. The van der Waals surface area contributed by atoms with Crippen molar-refractivity contribution in [3.05, 3.63) is 41.2 Å². The average Bonchev–Trinajstić information content (AvgIpc) is 3.51. The molecule has 1 aromatic carbocycles. The molecule has 0 saturated carbocycles. The summed E-state index contributed by atoms with van der Waals surface area (Å²) in [5.41, 5.74) is 2.33. The second-order valence-electron chi connectivity index (χ2n) is 8.77. The van der Waals surface area contributed by atoms with E-state index in [2.05, 4.69) is 20.1 Å². The van der Waals surface area contributed by atoms with E-state index in [9.17, 15) is 22.8 Å². The number of halogens is 3. The number of rotatable bonds is 3. The molecule has 0 radical (unpaired) electrons. The summed E-state index contributed by atoms with van der Waals surface area (Å²) in [5.74, 6) is 0.0328. The van der Waals surface area contributed by atoms with Crippen LogP contribution in [0.5, 0.6) is 5.75 Å². The van der Waals surface area contributed by atoms with Crippen molar-refractivity contribution in [2.45, 2.75) is 25.9 Å². The Hall–Kier alpha value is -3.51. The molecule has 182 valence electrons. The van der Waals surface area contributed by atoms with Crippen molar-refractivity contribution in [3.8, 4) is 5.75 Å². The van der Waals surface area contributed by atoms with Crippen LogP contribution in [0.1, 0.15) is 17.0 Å². The number of aromatic amines is 1. The summed E-state index contributed by atoms with van der Waals surface area (Å²) in [6, 6.07) is 5.16. The van der Waals surface area contributed by atoms with Crippen LogP contribution in [0, 0.1) is 11.8 Å². The standard InChI is InChI=1S/C21H23F3N6O4/c22-21(23,24)34-16-3-1-13(2-4-16)12-33-20(32)30-9-14-7-29(8-15(14)10-30)19(31)28-6-5-17-18(11-28)26-27-25-17/h1-4,14-15H,5-12H2,(H,25,26,27)/t14-,15-/m0/s1. The monoisotopic (exact) mass is 480 g/mol. The maximum absolute atomic E-state index is 13.0. The van der Waals surface area contributed by atoms with E-state index < -0.39 is 12.5 Å². The second kappa shape index (κ2) is 8.69. The molecule has 5 rings (SSSR count). The maximum Gasteiger partial charge on any atom is 0.573 e. The van der Waals surface area contributed by atoms with Gasteiger partial charge in [-0.25, -0.2) is 9.59 Å². The predicted molar refractivity (Wildman–Crippen MR) is 109 cm³/mol. The molecular weight excluding hydrogens is 457 g/mol. The fourth-order valence-corrected chi connectivity index (χ4v) is 4.79. The van der Waals surface area contributed by atoms with Gasteiger partial charge in [0.15, 0.2) is 0 Å². The molecule has 2 aromatic rings. The van der Waals surface area contributed by atoms with Crippen molar-refractivity contribution in [2.24, 2.45) is 11.8 Å². The van der Waals surface area contributed by atoms with Crippen LogP contribution < -0.4 is 4.74 Å². The molecule has 34 heavy (non-hydrogen) atoms. The zero-order chi connectivity index (χ0) is 23.9. The van der Waals surface area contributed by atoms with E-state index in [1.165, 1.54) is 24.3 Å². The number of ether oxygens (including phenoxy) is 2. The number of hydrogen-bond acceptors (Lipinski definition) is 6. The van der Waals surface area contributed by atoms with Crippen molar-refractivity contribution < 1.29 is 32.2 Å². The minimum Gasteiger partial charge on any atom is -0.445 e. The van der Waals surface area contributed by atoms with Gasteiger partial charge in [-0.1, -0.05) is 17.3 Å². The maximum atomic E-state index is 13.0. The lowest BCUT2D eigenvalue weighted by Crippen LogP contribution is -2.45. The van der Waals surface area contributed by atoms with Gasteiger partial charge in [0.25, 0.3) is 0 Å². The molecule has 1 N–H and O–H groups in total. The number of amides is 3. The Kier molecular flexibility index (Phi) is 5.70. The number of carbonyl (C=O) groups is 2. The number of hydrogen-bond donors (Lipinski definition) is 1. The molecule has 3 amide bonds. The molecule has 3 aliphatic heterocycles. The molecule has 2 atom stereocenters. The first-order chi connectivity index (χ1) is 16.2. The van der Waals surface area contributed by atoms with Crippen LogP contribution in [0.2, 0.25) is 0 Å². The topological polar surface area (TPSA) is 104 Å². The highest BCUT2D eigenvalue weighted by atomic mass is 19.4. The third-order valence-electron chi connectivity index (χ3n) is 6.48. The van der Waals surface area contributed by atoms with Gasteiger partial charge in [0, 0.05) is 51.0 Å². The molecule has 4 heterocycles. The number of fused-ring (bicyclic) bond motifs is 2. The number of benzene rings is 1. The smallest absolute Gasteiger partial charge is 0.445 e. The average molecular weight is 480 g/mol. The van der Waals surface area contributed by atoms with Gasteiger partial charge in [0.05, 0.1) is 12.2 Å². The Balaban J connectivity index is 1.08. The molecule has 13 heteroatoms. The van der Waals surface area contributed by atoms with E-state index in [4.69, 9.17) is 4.74 Å². The van der Waals surface area contributed by atoms with E-state index in [0.717, 1.165) is 11.4 Å². The minimum absolute atomic E-state index is 0.0184. The highest BCUT2D eigenvalue weighted by Crippen LogP contribution is 2.32. The van der Waals surface area contributed by atoms with Crippen molar-refractivity contribution >= 4 is 12.1 Å². The van der Waals surface area contributed by atoms with Gasteiger partial charge in [-0.15, -0.1) is 18.3 Å². The molecule has 2 fully saturated rings. The van der Waals surface area contributed by atoms with Gasteiger partial charge in [-0.05, 0) is 17.7 Å². The number of likely N-dealkylation sites (tertiary alicyclic amines) is 2. The van der Waals surface area contributed by atoms with E-state index in [0.29, 0.717) is 51.3 Å². The first-order valence-corrected chi connectivity index (χ1v) is 10.9. The zero-order valence-corrected chi connectivity index (χ0v) is 18.1. The van der Waals surface area contributed by atoms with Crippen LogP contribution in [0.15, 0.2) is 24.3 Å². The molecule has 0 aliphatic carbocycles. The van der Waals surface area contributed by atoms with E-state index in [1.54, 1.807) is 9.80 Å². The van der Waals surface area contributed by atoms with Crippen LogP contribution >= 0.6 is 0 Å². The molecular formula is C21H23F3N6O4. The third kappa shape index (κ3) is 4.73. The first-order valence-electron chi connectivity index (χ1n) is 10.9. The fraction of sp³-hybridized carbons (Fsp3) is 0.524. The Morgan fingerprint density at radius 2 is 1.71 bits per heavy atom. The number of urea groups is 1. The second-order valence-corrected chi connectivity index (χ2v) is 8.77. The molecule has 0 unspecified atom stereocenters. The number of H-pyrrole nitrogens is 1. The minimum atomic E-state index is -4.75. The highest BCUT2D eigenvalue weighted by Gasteiger charge is 2.44. The van der Waals surface area contributed by atoms with Crippen molar-refractivity contribution in [1.82, 2.24) is 30.1 Å². The quantitative estimate of drug-likeness (QED) is 0.724. The van der Waals surface area contributed by atoms with Crippen molar-refractivity contribution in [2.75, 3.05) is 32.7 Å². The summed E-state index contributed by atoms with van der Waals surface area (Å²) in [6.45, 7) is 3.16. The fourth-order valence-electron chi connectivity index (χ4n) is 4.79. The molecule has 2 saturated heterocycles. The predicted octanol–water partition coefficient (Wildman–Crippen LogP) is 2.38. The normalized spacial score (nSPS) is 21.9. The van der Waals surface area contributed by atoms with Crippen LogP contribution in [-0.4, -0.2) is 81.3 Å². The summed E-state index contributed by atoms with van der Waals surface area (Å²) >= 11 is 0. The van der Waals surface area contributed by atoms with Gasteiger partial charge < -0.3 is 24.2 Å². The number of alkyl halides is 3. The highest BCUT2D eigenvalue weighted by molar-refractivity contribution is 5.75. The number of nitrogens with one attached hydrogen (secondary N) is 1. The molecule has 0 spiro atoms.